The average molecular weight is 489 g/mol. The number of nitrogens with zero attached hydrogens (tertiary/aromatic N) is 2. The van der Waals surface area contributed by atoms with Gasteiger partial charge in [0, 0.05) is 25.2 Å². The summed E-state index contributed by atoms with van der Waals surface area (Å²) in [5, 5.41) is 2.87. The molecule has 0 bridgehead atoms. The fourth-order valence-corrected chi connectivity index (χ4v) is 5.19. The van der Waals surface area contributed by atoms with Crippen molar-refractivity contribution >= 4 is 27.7 Å². The van der Waals surface area contributed by atoms with E-state index in [4.69, 9.17) is 4.74 Å². The molecule has 9 nitrogen and oxygen atoms in total. The molecule has 0 aliphatic carbocycles. The standard InChI is InChI=1S/C24H32N4O5S/c1-16(2)21(27-34(31,32)20-9-7-19(33-4)8-10-20)24(30)28-14-11-18(12-15-28)23(29)26-22-17(3)6-5-13-25-22/h5-10,13,16,18,21,27H,11-12,14-15H2,1-4H3,(H,25,26,29)/t21-/m1/s1. The second-order valence-electron chi connectivity index (χ2n) is 8.78. The summed E-state index contributed by atoms with van der Waals surface area (Å²) in [4.78, 5) is 31.8. The maximum absolute atomic E-state index is 13.2. The van der Waals surface area contributed by atoms with Crippen molar-refractivity contribution in [1.82, 2.24) is 14.6 Å². The van der Waals surface area contributed by atoms with E-state index in [0.717, 1.165) is 5.56 Å². The number of piperidine rings is 1. The van der Waals surface area contributed by atoms with Gasteiger partial charge in [-0.1, -0.05) is 19.9 Å². The highest BCUT2D eigenvalue weighted by Crippen LogP contribution is 2.23. The third-order valence-electron chi connectivity index (χ3n) is 6.01. The Bertz CT molecular complexity index is 1110. The van der Waals surface area contributed by atoms with Crippen LogP contribution in [0, 0.1) is 18.8 Å². The molecule has 1 aromatic heterocycles. The summed E-state index contributed by atoms with van der Waals surface area (Å²) in [6.07, 6.45) is 2.63. The van der Waals surface area contributed by atoms with E-state index in [1.165, 1.54) is 19.2 Å². The number of carbonyl (C=O) groups excluding carboxylic acids is 2. The van der Waals surface area contributed by atoms with Gasteiger partial charge in [-0.15, -0.1) is 0 Å². The quantitative estimate of drug-likeness (QED) is 0.590. The van der Waals surface area contributed by atoms with Crippen molar-refractivity contribution in [2.45, 2.75) is 44.6 Å². The first-order valence-electron chi connectivity index (χ1n) is 11.3. The van der Waals surface area contributed by atoms with Crippen LogP contribution in [0.1, 0.15) is 32.3 Å². The molecule has 10 heteroatoms. The SMILES string of the molecule is COc1ccc(S(=O)(=O)N[C@@H](C(=O)N2CCC(C(=O)Nc3ncccc3C)CC2)C(C)C)cc1. The van der Waals surface area contributed by atoms with Gasteiger partial charge in [-0.3, -0.25) is 9.59 Å². The number of benzene rings is 1. The van der Waals surface area contributed by atoms with E-state index in [1.54, 1.807) is 37.1 Å². The molecule has 0 saturated carbocycles. The van der Waals surface area contributed by atoms with Gasteiger partial charge in [-0.05, 0) is 61.6 Å². The van der Waals surface area contributed by atoms with Crippen LogP contribution in [-0.4, -0.2) is 56.4 Å². The van der Waals surface area contributed by atoms with Crippen LogP contribution in [0.3, 0.4) is 0 Å². The number of anilines is 1. The van der Waals surface area contributed by atoms with Gasteiger partial charge < -0.3 is 15.0 Å². The van der Waals surface area contributed by atoms with Crippen LogP contribution in [0.5, 0.6) is 5.75 Å². The number of hydrogen-bond donors (Lipinski definition) is 2. The molecule has 3 rings (SSSR count). The zero-order valence-corrected chi connectivity index (χ0v) is 20.8. The lowest BCUT2D eigenvalue weighted by Gasteiger charge is -2.34. The second-order valence-corrected chi connectivity index (χ2v) is 10.5. The smallest absolute Gasteiger partial charge is 0.241 e. The maximum Gasteiger partial charge on any atom is 0.241 e. The predicted octanol–water partition coefficient (Wildman–Crippen LogP) is 2.58. The molecule has 1 atom stereocenters. The van der Waals surface area contributed by atoms with Crippen molar-refractivity contribution in [2.75, 3.05) is 25.5 Å². The highest BCUT2D eigenvalue weighted by molar-refractivity contribution is 7.89. The zero-order chi connectivity index (χ0) is 24.9. The molecule has 2 aromatic rings. The molecule has 2 amide bonds. The molecule has 1 aliphatic rings. The van der Waals surface area contributed by atoms with E-state index in [9.17, 15) is 18.0 Å². The summed E-state index contributed by atoms with van der Waals surface area (Å²) < 4.78 is 33.4. The van der Waals surface area contributed by atoms with Gasteiger partial charge in [0.25, 0.3) is 0 Å². The Balaban J connectivity index is 1.62. The Morgan fingerprint density at radius 3 is 2.32 bits per heavy atom. The van der Waals surface area contributed by atoms with Gasteiger partial charge in [-0.2, -0.15) is 4.72 Å². The molecule has 1 fully saturated rings. The Labute approximate surface area is 201 Å². The number of carbonyl (C=O) groups is 2. The number of ether oxygens (including phenoxy) is 1. The first kappa shape index (κ1) is 25.6. The van der Waals surface area contributed by atoms with Crippen LogP contribution >= 0.6 is 0 Å². The summed E-state index contributed by atoms with van der Waals surface area (Å²) in [7, 11) is -2.40. The summed E-state index contributed by atoms with van der Waals surface area (Å²) >= 11 is 0. The van der Waals surface area contributed by atoms with E-state index in [-0.39, 0.29) is 28.5 Å². The number of aryl methyl sites for hydroxylation is 1. The van der Waals surface area contributed by atoms with Gasteiger partial charge in [0.05, 0.1) is 12.0 Å². The Morgan fingerprint density at radius 2 is 1.76 bits per heavy atom. The number of rotatable bonds is 8. The van der Waals surface area contributed by atoms with Crippen molar-refractivity contribution in [1.29, 1.82) is 0 Å². The average Bonchev–Trinajstić information content (AvgIpc) is 2.83. The van der Waals surface area contributed by atoms with Crippen molar-refractivity contribution in [2.24, 2.45) is 11.8 Å². The first-order chi connectivity index (χ1) is 16.1. The number of aromatic nitrogens is 1. The van der Waals surface area contributed by atoms with Crippen LogP contribution in [-0.2, 0) is 19.6 Å². The van der Waals surface area contributed by atoms with E-state index in [1.807, 2.05) is 19.1 Å². The van der Waals surface area contributed by atoms with Crippen LogP contribution in [0.15, 0.2) is 47.5 Å². The van der Waals surface area contributed by atoms with Crippen molar-refractivity contribution in [3.8, 4) is 5.75 Å². The molecule has 2 N–H and O–H groups in total. The van der Waals surface area contributed by atoms with E-state index >= 15 is 0 Å². The van der Waals surface area contributed by atoms with Crippen LogP contribution in [0.25, 0.3) is 0 Å². The summed E-state index contributed by atoms with van der Waals surface area (Å²) in [6, 6.07) is 8.78. The van der Waals surface area contributed by atoms with E-state index in [2.05, 4.69) is 15.0 Å². The molecule has 1 aromatic carbocycles. The zero-order valence-electron chi connectivity index (χ0n) is 19.9. The van der Waals surface area contributed by atoms with Gasteiger partial charge >= 0.3 is 0 Å². The predicted molar refractivity (Wildman–Crippen MR) is 129 cm³/mol. The maximum atomic E-state index is 13.2. The van der Waals surface area contributed by atoms with Crippen LogP contribution < -0.4 is 14.8 Å². The minimum absolute atomic E-state index is 0.0620. The minimum atomic E-state index is -3.90. The van der Waals surface area contributed by atoms with Crippen molar-refractivity contribution < 1.29 is 22.7 Å². The highest BCUT2D eigenvalue weighted by atomic mass is 32.2. The van der Waals surface area contributed by atoms with Gasteiger partial charge in [0.1, 0.15) is 17.6 Å². The minimum Gasteiger partial charge on any atom is -0.497 e. The van der Waals surface area contributed by atoms with Crippen LogP contribution in [0.2, 0.25) is 0 Å². The second kappa shape index (κ2) is 11.0. The molecular weight excluding hydrogens is 456 g/mol. The van der Waals surface area contributed by atoms with Crippen LogP contribution in [0.4, 0.5) is 5.82 Å². The molecule has 1 saturated heterocycles. The molecule has 2 heterocycles. The number of sulfonamides is 1. The van der Waals surface area contributed by atoms with Gasteiger partial charge in [0.2, 0.25) is 21.8 Å². The molecule has 0 unspecified atom stereocenters. The topological polar surface area (TPSA) is 118 Å². The van der Waals surface area contributed by atoms with Crippen molar-refractivity contribution in [3.63, 3.8) is 0 Å². The highest BCUT2D eigenvalue weighted by Gasteiger charge is 2.34. The first-order valence-corrected chi connectivity index (χ1v) is 12.8. The molecule has 184 valence electrons. The molecule has 34 heavy (non-hydrogen) atoms. The summed E-state index contributed by atoms with van der Waals surface area (Å²) in [6.45, 7) is 6.24. The van der Waals surface area contributed by atoms with Gasteiger partial charge in [-0.25, -0.2) is 13.4 Å². The summed E-state index contributed by atoms with van der Waals surface area (Å²) in [5.74, 6) is 0.188. The van der Waals surface area contributed by atoms with Crippen molar-refractivity contribution in [3.05, 3.63) is 48.2 Å². The molecule has 0 spiro atoms. The number of methoxy groups -OCH3 is 1. The van der Waals surface area contributed by atoms with E-state index < -0.39 is 16.1 Å². The lowest BCUT2D eigenvalue weighted by Crippen LogP contribution is -2.53. The number of likely N-dealkylation sites (tertiary alicyclic amines) is 1. The third kappa shape index (κ3) is 6.12. The molecular formula is C24H32N4O5S. The van der Waals surface area contributed by atoms with Gasteiger partial charge in [0.15, 0.2) is 0 Å². The fraction of sp³-hybridized carbons (Fsp3) is 0.458. The largest absolute Gasteiger partial charge is 0.497 e. The monoisotopic (exact) mass is 488 g/mol. The Kier molecular flexibility index (Phi) is 8.27. The lowest BCUT2D eigenvalue weighted by molar-refractivity contribution is -0.137. The molecule has 1 aliphatic heterocycles. The normalized spacial score (nSPS) is 15.7. The van der Waals surface area contributed by atoms with E-state index in [0.29, 0.717) is 37.5 Å². The fourth-order valence-electron chi connectivity index (χ4n) is 3.86. The number of nitrogens with one attached hydrogen (secondary N) is 2. The Hall–Kier alpha value is -2.98. The molecule has 0 radical (unpaired) electrons. The third-order valence-corrected chi connectivity index (χ3v) is 7.47. The number of pyridine rings is 1. The lowest BCUT2D eigenvalue weighted by atomic mass is 9.94. The summed E-state index contributed by atoms with van der Waals surface area (Å²) in [5.41, 5.74) is 0.882. The number of amides is 2. The Morgan fingerprint density at radius 1 is 1.12 bits per heavy atom. The number of hydrogen-bond acceptors (Lipinski definition) is 6.